The van der Waals surface area contributed by atoms with Gasteiger partial charge in [-0.3, -0.25) is 0 Å². The zero-order valence-corrected chi connectivity index (χ0v) is 7.77. The van der Waals surface area contributed by atoms with Crippen molar-refractivity contribution in [3.8, 4) is 5.75 Å². The van der Waals surface area contributed by atoms with E-state index in [0.29, 0.717) is 10.2 Å². The molecule has 12 heavy (non-hydrogen) atoms. The van der Waals surface area contributed by atoms with Crippen LogP contribution in [0.5, 0.6) is 5.75 Å². The van der Waals surface area contributed by atoms with Crippen LogP contribution < -0.4 is 4.74 Å². The van der Waals surface area contributed by atoms with E-state index in [-0.39, 0.29) is 12.4 Å². The van der Waals surface area contributed by atoms with E-state index in [2.05, 4.69) is 15.9 Å². The van der Waals surface area contributed by atoms with Crippen LogP contribution in [0, 0.1) is 5.82 Å². The lowest BCUT2D eigenvalue weighted by Crippen LogP contribution is -1.99. The SMILES string of the molecule is FCCOc1ccc(F)cc1Br. The molecule has 0 aliphatic rings. The molecule has 0 bridgehead atoms. The van der Waals surface area contributed by atoms with Crippen molar-refractivity contribution in [2.75, 3.05) is 13.3 Å². The van der Waals surface area contributed by atoms with Gasteiger partial charge in [0.05, 0.1) is 4.47 Å². The third kappa shape index (κ3) is 2.44. The second-order valence-corrected chi connectivity index (χ2v) is 2.97. The molecule has 0 fully saturated rings. The van der Waals surface area contributed by atoms with Crippen LogP contribution >= 0.6 is 15.9 Å². The molecule has 1 rings (SSSR count). The van der Waals surface area contributed by atoms with Crippen LogP contribution in [0.2, 0.25) is 0 Å². The molecule has 0 N–H and O–H groups in total. The Bertz CT molecular complexity index is 265. The molecular formula is C8H7BrF2O. The highest BCUT2D eigenvalue weighted by molar-refractivity contribution is 9.10. The van der Waals surface area contributed by atoms with Gasteiger partial charge in [-0.15, -0.1) is 0 Å². The fraction of sp³-hybridized carbons (Fsp3) is 0.250. The van der Waals surface area contributed by atoms with Crippen molar-refractivity contribution in [1.82, 2.24) is 0 Å². The van der Waals surface area contributed by atoms with E-state index in [1.807, 2.05) is 0 Å². The lowest BCUT2D eigenvalue weighted by atomic mass is 10.3. The highest BCUT2D eigenvalue weighted by atomic mass is 79.9. The van der Waals surface area contributed by atoms with Gasteiger partial charge in [-0.05, 0) is 34.1 Å². The minimum Gasteiger partial charge on any atom is -0.490 e. The van der Waals surface area contributed by atoms with Crippen molar-refractivity contribution in [1.29, 1.82) is 0 Å². The molecule has 0 radical (unpaired) electrons. The van der Waals surface area contributed by atoms with E-state index < -0.39 is 6.67 Å². The molecule has 0 heterocycles. The Kier molecular flexibility index (Phi) is 3.47. The van der Waals surface area contributed by atoms with Crippen molar-refractivity contribution in [2.45, 2.75) is 0 Å². The van der Waals surface area contributed by atoms with Gasteiger partial charge in [0.25, 0.3) is 0 Å². The van der Waals surface area contributed by atoms with Gasteiger partial charge in [0, 0.05) is 0 Å². The third-order valence-corrected chi connectivity index (χ3v) is 1.85. The van der Waals surface area contributed by atoms with Gasteiger partial charge in [0.2, 0.25) is 0 Å². The monoisotopic (exact) mass is 236 g/mol. The minimum absolute atomic E-state index is 0.00969. The van der Waals surface area contributed by atoms with Gasteiger partial charge in [0.1, 0.15) is 24.8 Å². The Labute approximate surface area is 77.5 Å². The Morgan fingerprint density at radius 2 is 2.17 bits per heavy atom. The van der Waals surface area contributed by atoms with Gasteiger partial charge in [-0.25, -0.2) is 8.78 Å². The maximum absolute atomic E-state index is 12.5. The van der Waals surface area contributed by atoms with E-state index in [1.54, 1.807) is 0 Å². The van der Waals surface area contributed by atoms with Gasteiger partial charge in [-0.2, -0.15) is 0 Å². The smallest absolute Gasteiger partial charge is 0.133 e. The van der Waals surface area contributed by atoms with Crippen molar-refractivity contribution >= 4 is 15.9 Å². The molecular weight excluding hydrogens is 230 g/mol. The van der Waals surface area contributed by atoms with E-state index in [1.165, 1.54) is 18.2 Å². The van der Waals surface area contributed by atoms with Gasteiger partial charge < -0.3 is 4.74 Å². The molecule has 1 aromatic carbocycles. The van der Waals surface area contributed by atoms with Crippen LogP contribution in [-0.4, -0.2) is 13.3 Å². The van der Waals surface area contributed by atoms with E-state index in [0.717, 1.165) is 0 Å². The van der Waals surface area contributed by atoms with Crippen molar-refractivity contribution in [3.05, 3.63) is 28.5 Å². The van der Waals surface area contributed by atoms with Crippen LogP contribution in [0.4, 0.5) is 8.78 Å². The summed E-state index contributed by atoms with van der Waals surface area (Å²) in [5.41, 5.74) is 0. The summed E-state index contributed by atoms with van der Waals surface area (Å²) >= 11 is 3.09. The van der Waals surface area contributed by atoms with E-state index in [4.69, 9.17) is 4.74 Å². The quantitative estimate of drug-likeness (QED) is 0.785. The first-order valence-corrected chi connectivity index (χ1v) is 4.17. The molecule has 0 atom stereocenters. The topological polar surface area (TPSA) is 9.23 Å². The summed E-state index contributed by atoms with van der Waals surface area (Å²) in [6.07, 6.45) is 0. The number of ether oxygens (including phenoxy) is 1. The van der Waals surface area contributed by atoms with Gasteiger partial charge in [0.15, 0.2) is 0 Å². The second kappa shape index (κ2) is 4.40. The first-order valence-electron chi connectivity index (χ1n) is 3.38. The summed E-state index contributed by atoms with van der Waals surface area (Å²) in [5, 5.41) is 0. The number of hydrogen-bond acceptors (Lipinski definition) is 1. The molecule has 0 saturated heterocycles. The summed E-state index contributed by atoms with van der Waals surface area (Å²) < 4.78 is 29.6. The van der Waals surface area contributed by atoms with Crippen molar-refractivity contribution in [2.24, 2.45) is 0 Å². The average molecular weight is 237 g/mol. The van der Waals surface area contributed by atoms with Crippen molar-refractivity contribution < 1.29 is 13.5 Å². The maximum atomic E-state index is 12.5. The molecule has 0 aliphatic carbocycles. The fourth-order valence-electron chi connectivity index (χ4n) is 0.741. The lowest BCUT2D eigenvalue weighted by Gasteiger charge is -2.04. The van der Waals surface area contributed by atoms with Crippen LogP contribution in [0.1, 0.15) is 0 Å². The summed E-state index contributed by atoms with van der Waals surface area (Å²) in [6.45, 7) is -0.561. The van der Waals surface area contributed by atoms with Gasteiger partial charge >= 0.3 is 0 Å². The predicted octanol–water partition coefficient (Wildman–Crippen LogP) is 2.94. The minimum atomic E-state index is -0.552. The zero-order valence-electron chi connectivity index (χ0n) is 6.19. The Hall–Kier alpha value is -0.640. The van der Waals surface area contributed by atoms with Crippen molar-refractivity contribution in [3.63, 3.8) is 0 Å². The average Bonchev–Trinajstić information content (AvgIpc) is 2.03. The summed E-state index contributed by atoms with van der Waals surface area (Å²) in [4.78, 5) is 0. The summed E-state index contributed by atoms with van der Waals surface area (Å²) in [7, 11) is 0. The highest BCUT2D eigenvalue weighted by Gasteiger charge is 2.01. The second-order valence-electron chi connectivity index (χ2n) is 2.11. The van der Waals surface area contributed by atoms with Crippen LogP contribution in [0.3, 0.4) is 0 Å². The normalized spacial score (nSPS) is 9.92. The molecule has 0 amide bonds. The Balaban J connectivity index is 2.72. The highest BCUT2D eigenvalue weighted by Crippen LogP contribution is 2.25. The van der Waals surface area contributed by atoms with E-state index >= 15 is 0 Å². The molecule has 4 heteroatoms. The van der Waals surface area contributed by atoms with Crippen LogP contribution in [0.15, 0.2) is 22.7 Å². The molecule has 0 aromatic heterocycles. The molecule has 1 aromatic rings. The lowest BCUT2D eigenvalue weighted by molar-refractivity contribution is 0.271. The van der Waals surface area contributed by atoms with Crippen LogP contribution in [-0.2, 0) is 0 Å². The number of hydrogen-bond donors (Lipinski definition) is 0. The number of halogens is 3. The number of benzene rings is 1. The molecule has 0 spiro atoms. The third-order valence-electron chi connectivity index (χ3n) is 1.23. The van der Waals surface area contributed by atoms with Gasteiger partial charge in [-0.1, -0.05) is 0 Å². The maximum Gasteiger partial charge on any atom is 0.133 e. The molecule has 0 saturated carbocycles. The molecule has 66 valence electrons. The first-order chi connectivity index (χ1) is 5.74. The molecule has 1 nitrogen and oxygen atoms in total. The summed E-state index contributed by atoms with van der Waals surface area (Å²) in [5.74, 6) is 0.100. The van der Waals surface area contributed by atoms with Crippen LogP contribution in [0.25, 0.3) is 0 Å². The molecule has 0 unspecified atom stereocenters. The summed E-state index contributed by atoms with van der Waals surface area (Å²) in [6, 6.07) is 3.99. The first kappa shape index (κ1) is 9.45. The van der Waals surface area contributed by atoms with E-state index in [9.17, 15) is 8.78 Å². The number of alkyl halides is 1. The Morgan fingerprint density at radius 1 is 1.42 bits per heavy atom. The fourth-order valence-corrected chi connectivity index (χ4v) is 1.21. The largest absolute Gasteiger partial charge is 0.490 e. The molecule has 0 aliphatic heterocycles. The Morgan fingerprint density at radius 3 is 2.75 bits per heavy atom. The number of rotatable bonds is 3. The standard InChI is InChI=1S/C8H7BrF2O/c9-7-5-6(11)1-2-8(7)12-4-3-10/h1-2,5H,3-4H2. The zero-order chi connectivity index (χ0) is 8.97. The predicted molar refractivity (Wildman–Crippen MR) is 45.6 cm³/mol.